The number of carboxylic acid groups (broad SMARTS) is 1. The van der Waals surface area contributed by atoms with Gasteiger partial charge in [0.2, 0.25) is 5.54 Å². The van der Waals surface area contributed by atoms with Crippen LogP contribution in [-0.4, -0.2) is 34.5 Å². The number of amides is 1. The zero-order valence-electron chi connectivity index (χ0n) is 11.5. The van der Waals surface area contributed by atoms with Gasteiger partial charge in [-0.1, -0.05) is 6.08 Å². The fourth-order valence-corrected chi connectivity index (χ4v) is 1.35. The number of alkyl carbamates (subject to hydrolysis) is 1. The van der Waals surface area contributed by atoms with Crippen LogP contribution in [0.5, 0.6) is 0 Å². The summed E-state index contributed by atoms with van der Waals surface area (Å²) in [6, 6.07) is 0. The first kappa shape index (κ1) is 18.3. The third-order valence-electron chi connectivity index (χ3n) is 2.29. The first-order valence-electron chi connectivity index (χ1n) is 5.78. The monoisotopic (exact) mass is 297 g/mol. The number of halogens is 3. The molecule has 0 saturated carbocycles. The summed E-state index contributed by atoms with van der Waals surface area (Å²) in [7, 11) is 0. The minimum atomic E-state index is -5.17. The van der Waals surface area contributed by atoms with Gasteiger partial charge < -0.3 is 9.84 Å². The summed E-state index contributed by atoms with van der Waals surface area (Å²) in [5, 5.41) is 10.3. The number of aliphatic carboxylic acids is 1. The van der Waals surface area contributed by atoms with Crippen molar-refractivity contribution in [2.24, 2.45) is 0 Å². The van der Waals surface area contributed by atoms with E-state index in [9.17, 15) is 22.8 Å². The number of hydrogen-bond donors (Lipinski definition) is 2. The minimum Gasteiger partial charge on any atom is -0.479 e. The maximum Gasteiger partial charge on any atom is 0.422 e. The zero-order valence-corrected chi connectivity index (χ0v) is 11.5. The van der Waals surface area contributed by atoms with Crippen molar-refractivity contribution in [3.05, 3.63) is 12.7 Å². The molecule has 0 aromatic rings. The summed E-state index contributed by atoms with van der Waals surface area (Å²) in [5.74, 6) is -2.20. The molecule has 0 radical (unpaired) electrons. The van der Waals surface area contributed by atoms with Gasteiger partial charge >= 0.3 is 18.2 Å². The lowest BCUT2D eigenvalue weighted by Gasteiger charge is -2.33. The van der Waals surface area contributed by atoms with Gasteiger partial charge in [-0.05, 0) is 33.6 Å². The van der Waals surface area contributed by atoms with E-state index in [1.807, 2.05) is 0 Å². The second-order valence-electron chi connectivity index (χ2n) is 5.16. The summed E-state index contributed by atoms with van der Waals surface area (Å²) < 4.78 is 43.9. The first-order valence-corrected chi connectivity index (χ1v) is 5.78. The largest absolute Gasteiger partial charge is 0.479 e. The second-order valence-corrected chi connectivity index (χ2v) is 5.16. The SMILES string of the molecule is C=CCCC(NC(=O)OC(C)(C)C)(C(=O)O)C(F)(F)F. The van der Waals surface area contributed by atoms with E-state index in [-0.39, 0.29) is 6.42 Å². The molecule has 0 aliphatic heterocycles. The van der Waals surface area contributed by atoms with Gasteiger partial charge in [-0.15, -0.1) is 6.58 Å². The molecule has 5 nitrogen and oxygen atoms in total. The van der Waals surface area contributed by atoms with E-state index < -0.39 is 35.8 Å². The lowest BCUT2D eigenvalue weighted by atomic mass is 9.92. The number of ether oxygens (including phenoxy) is 1. The van der Waals surface area contributed by atoms with E-state index in [0.717, 1.165) is 6.08 Å². The van der Waals surface area contributed by atoms with E-state index >= 15 is 0 Å². The highest BCUT2D eigenvalue weighted by Crippen LogP contribution is 2.35. The Hall–Kier alpha value is -1.73. The standard InChI is InChI=1S/C12H18F3NO4/c1-5-6-7-11(8(17)18,12(13,14)15)16-9(19)20-10(2,3)4/h5H,1,6-7H2,2-4H3,(H,16,19)(H,17,18). The fourth-order valence-electron chi connectivity index (χ4n) is 1.35. The van der Waals surface area contributed by atoms with Crippen molar-refractivity contribution in [3.8, 4) is 0 Å². The van der Waals surface area contributed by atoms with E-state index in [2.05, 4.69) is 11.3 Å². The number of rotatable bonds is 5. The van der Waals surface area contributed by atoms with Gasteiger partial charge in [0.1, 0.15) is 5.60 Å². The van der Waals surface area contributed by atoms with Crippen LogP contribution in [0.4, 0.5) is 18.0 Å². The van der Waals surface area contributed by atoms with Crippen LogP contribution in [0.25, 0.3) is 0 Å². The third kappa shape index (κ3) is 4.75. The zero-order chi connectivity index (χ0) is 16.2. The average molecular weight is 297 g/mol. The van der Waals surface area contributed by atoms with Crippen molar-refractivity contribution in [1.82, 2.24) is 5.32 Å². The van der Waals surface area contributed by atoms with Crippen molar-refractivity contribution in [3.63, 3.8) is 0 Å². The van der Waals surface area contributed by atoms with Crippen LogP contribution in [0, 0.1) is 0 Å². The van der Waals surface area contributed by atoms with Gasteiger partial charge in [-0.3, -0.25) is 5.32 Å². The first-order chi connectivity index (χ1) is 8.85. The van der Waals surface area contributed by atoms with Crippen LogP contribution < -0.4 is 5.32 Å². The predicted octanol–water partition coefficient (Wildman–Crippen LogP) is 2.86. The lowest BCUT2D eigenvalue weighted by molar-refractivity contribution is -0.210. The van der Waals surface area contributed by atoms with Crippen molar-refractivity contribution in [2.75, 3.05) is 0 Å². The summed E-state index contributed by atoms with van der Waals surface area (Å²) >= 11 is 0. The third-order valence-corrected chi connectivity index (χ3v) is 2.29. The quantitative estimate of drug-likeness (QED) is 0.765. The fraction of sp³-hybridized carbons (Fsp3) is 0.667. The van der Waals surface area contributed by atoms with Crippen molar-refractivity contribution in [1.29, 1.82) is 0 Å². The maximum absolute atomic E-state index is 13.1. The molecule has 1 atom stereocenters. The molecule has 0 saturated heterocycles. The smallest absolute Gasteiger partial charge is 0.422 e. The molecule has 0 aromatic carbocycles. The molecule has 0 bridgehead atoms. The molecule has 0 heterocycles. The molecule has 0 rings (SSSR count). The molecule has 0 aliphatic carbocycles. The van der Waals surface area contributed by atoms with Gasteiger partial charge in [-0.2, -0.15) is 13.2 Å². The van der Waals surface area contributed by atoms with Gasteiger partial charge in [-0.25, -0.2) is 9.59 Å². The number of carboxylic acids is 1. The molecule has 1 amide bonds. The molecule has 0 spiro atoms. The highest BCUT2D eigenvalue weighted by molar-refractivity contribution is 5.85. The Kier molecular flexibility index (Phi) is 5.62. The van der Waals surface area contributed by atoms with E-state index in [1.165, 1.54) is 26.1 Å². The van der Waals surface area contributed by atoms with Crippen molar-refractivity contribution >= 4 is 12.1 Å². The summed E-state index contributed by atoms with van der Waals surface area (Å²) in [6.45, 7) is 7.59. The van der Waals surface area contributed by atoms with E-state index in [1.54, 1.807) is 0 Å². The van der Waals surface area contributed by atoms with Crippen LogP contribution in [0.2, 0.25) is 0 Å². The van der Waals surface area contributed by atoms with Gasteiger partial charge in [0, 0.05) is 0 Å². The average Bonchev–Trinajstić information content (AvgIpc) is 2.19. The van der Waals surface area contributed by atoms with E-state index in [4.69, 9.17) is 5.11 Å². The van der Waals surface area contributed by atoms with Crippen molar-refractivity contribution in [2.45, 2.75) is 50.9 Å². The van der Waals surface area contributed by atoms with Gasteiger partial charge in [0.15, 0.2) is 0 Å². The molecule has 116 valence electrons. The molecule has 1 unspecified atom stereocenters. The Morgan fingerprint density at radius 1 is 1.30 bits per heavy atom. The summed E-state index contributed by atoms with van der Waals surface area (Å²) in [5.41, 5.74) is -4.44. The Morgan fingerprint density at radius 2 is 1.80 bits per heavy atom. The van der Waals surface area contributed by atoms with Crippen LogP contribution in [0.15, 0.2) is 12.7 Å². The van der Waals surface area contributed by atoms with E-state index in [0.29, 0.717) is 0 Å². The summed E-state index contributed by atoms with van der Waals surface area (Å²) in [6.07, 6.45) is -6.57. The Labute approximate surface area is 114 Å². The number of carbonyl (C=O) groups is 2. The molecule has 2 N–H and O–H groups in total. The molecular weight excluding hydrogens is 279 g/mol. The number of carbonyl (C=O) groups excluding carboxylic acids is 1. The Morgan fingerprint density at radius 3 is 2.10 bits per heavy atom. The molecular formula is C12H18F3NO4. The number of alkyl halides is 3. The van der Waals surface area contributed by atoms with Crippen LogP contribution in [0.1, 0.15) is 33.6 Å². The second kappa shape index (κ2) is 6.15. The van der Waals surface area contributed by atoms with Crippen molar-refractivity contribution < 1.29 is 32.6 Å². The van der Waals surface area contributed by atoms with Crippen LogP contribution in [-0.2, 0) is 9.53 Å². The molecule has 0 fully saturated rings. The van der Waals surface area contributed by atoms with Crippen LogP contribution in [0.3, 0.4) is 0 Å². The Balaban J connectivity index is 5.36. The molecule has 8 heteroatoms. The number of hydrogen-bond acceptors (Lipinski definition) is 3. The lowest BCUT2D eigenvalue weighted by Crippen LogP contribution is -2.64. The molecule has 0 aliphatic rings. The molecule has 0 aromatic heterocycles. The Bertz CT molecular complexity index is 387. The number of nitrogens with one attached hydrogen (secondary N) is 1. The highest BCUT2D eigenvalue weighted by Gasteiger charge is 2.61. The van der Waals surface area contributed by atoms with Gasteiger partial charge in [0.25, 0.3) is 0 Å². The molecule has 20 heavy (non-hydrogen) atoms. The normalized spacial score (nSPS) is 15.1. The minimum absolute atomic E-state index is 0.235. The topological polar surface area (TPSA) is 75.6 Å². The summed E-state index contributed by atoms with van der Waals surface area (Å²) in [4.78, 5) is 22.5. The number of allylic oxidation sites excluding steroid dienone is 1. The van der Waals surface area contributed by atoms with Gasteiger partial charge in [0.05, 0.1) is 0 Å². The predicted molar refractivity (Wildman–Crippen MR) is 65.2 cm³/mol. The highest BCUT2D eigenvalue weighted by atomic mass is 19.4. The van der Waals surface area contributed by atoms with Crippen LogP contribution >= 0.6 is 0 Å². The maximum atomic E-state index is 13.1.